The van der Waals surface area contributed by atoms with E-state index in [2.05, 4.69) is 76.3 Å². The van der Waals surface area contributed by atoms with Crippen LogP contribution in [0.15, 0.2) is 84.1 Å². The summed E-state index contributed by atoms with van der Waals surface area (Å²) in [6, 6.07) is 0. The van der Waals surface area contributed by atoms with Crippen LogP contribution in [0, 0.1) is 0 Å². The molecule has 0 saturated heterocycles. The quantitative estimate of drug-likeness (QED) is 0.188. The molecule has 0 nitrogen and oxygen atoms in total. The Bertz CT molecular complexity index is 865. The minimum atomic E-state index is -0.707. The van der Waals surface area contributed by atoms with Gasteiger partial charge < -0.3 is 49.6 Å². The van der Waals surface area contributed by atoms with E-state index in [1.807, 2.05) is 13.2 Å². The van der Waals surface area contributed by atoms with Gasteiger partial charge in [0.05, 0.1) is 0 Å². The second kappa shape index (κ2) is 27.0. The monoisotopic (exact) mass is 894 g/mol. The Balaban J connectivity index is 0. The van der Waals surface area contributed by atoms with Crippen molar-refractivity contribution < 1.29 is 95.8 Å². The van der Waals surface area contributed by atoms with E-state index in [1.54, 1.807) is 22.3 Å². The number of halogens is 4. The van der Waals surface area contributed by atoms with Crippen LogP contribution in [0.3, 0.4) is 0 Å². The fourth-order valence-corrected chi connectivity index (χ4v) is 14.8. The van der Waals surface area contributed by atoms with E-state index in [9.17, 15) is 0 Å². The van der Waals surface area contributed by atoms with Crippen LogP contribution in [0.1, 0.15) is 130 Å². The average Bonchev–Trinajstić information content (AvgIpc) is 3.74. The smallest absolute Gasteiger partial charge is 1.00 e. The maximum Gasteiger partial charge on any atom is -1.00 e. The summed E-state index contributed by atoms with van der Waals surface area (Å²) < 4.78 is 7.51. The largest absolute Gasteiger partial charge is 1.00 e. The van der Waals surface area contributed by atoms with Crippen molar-refractivity contribution in [2.24, 2.45) is 0 Å². The van der Waals surface area contributed by atoms with Gasteiger partial charge in [-0.25, -0.2) is 0 Å². The van der Waals surface area contributed by atoms with E-state index < -0.39 is 46.1 Å². The van der Waals surface area contributed by atoms with Crippen molar-refractivity contribution in [2.45, 2.75) is 130 Å². The van der Waals surface area contributed by atoms with Gasteiger partial charge >= 0.3 is 261 Å². The first-order valence-electron chi connectivity index (χ1n) is 15.8. The van der Waals surface area contributed by atoms with Gasteiger partial charge in [-0.3, -0.25) is 0 Å². The van der Waals surface area contributed by atoms with Crippen LogP contribution in [-0.4, -0.2) is 0 Å². The molecule has 0 bridgehead atoms. The maximum atomic E-state index is 2.42. The molecule has 0 spiro atoms. The van der Waals surface area contributed by atoms with Gasteiger partial charge in [-0.2, -0.15) is 0 Å². The van der Waals surface area contributed by atoms with Crippen LogP contribution in [0.5, 0.6) is 0 Å². The summed E-state index contributed by atoms with van der Waals surface area (Å²) in [4.78, 5) is 0. The molecule has 0 radical (unpaired) electrons. The zero-order valence-electron chi connectivity index (χ0n) is 26.4. The fourth-order valence-electron chi connectivity index (χ4n) is 5.50. The standard InChI is InChI=1S/4C9H13.4ClH.Hf.Zr/c4*1-2-3-6-9-7-4-5-8-9;;;;;;/h4*4,7H,2-3,5-6H2,1H3;4*1H;;/q;;;;;;;;2*+2/p-4. The molecule has 0 aliphatic heterocycles. The molecular weight excluding hydrogens is 844 g/mol. The third-order valence-electron chi connectivity index (χ3n) is 7.92. The van der Waals surface area contributed by atoms with Gasteiger partial charge in [-0.1, -0.05) is 0 Å². The Kier molecular flexibility index (Phi) is 28.9. The summed E-state index contributed by atoms with van der Waals surface area (Å²) in [5.74, 6) is 0. The van der Waals surface area contributed by atoms with Gasteiger partial charge in [-0.15, -0.1) is 0 Å². The van der Waals surface area contributed by atoms with Crippen molar-refractivity contribution >= 4 is 0 Å². The first kappa shape index (κ1) is 45.0. The Morgan fingerprint density at radius 2 is 0.786 bits per heavy atom. The number of unbranched alkanes of at least 4 members (excludes halogenated alkanes) is 4. The predicted molar refractivity (Wildman–Crippen MR) is 161 cm³/mol. The SMILES string of the molecule is CCCCC1=[C]([Hf+2][C]2=C(CCCC)C=CC2)CC=C1.CCCCC1=[C]([Zr+2][C]2=C(CCCC)C=CC2)CC=C1.[Cl-].[Cl-].[Cl-].[Cl-]. The van der Waals surface area contributed by atoms with Crippen molar-refractivity contribution in [2.75, 3.05) is 0 Å². The molecule has 42 heavy (non-hydrogen) atoms. The van der Waals surface area contributed by atoms with Gasteiger partial charge in [0.1, 0.15) is 0 Å². The van der Waals surface area contributed by atoms with E-state index in [0.29, 0.717) is 0 Å². The van der Waals surface area contributed by atoms with Crippen molar-refractivity contribution in [1.29, 1.82) is 0 Å². The first-order chi connectivity index (χ1) is 18.7. The predicted octanol–water partition coefficient (Wildman–Crippen LogP) is -0.229. The van der Waals surface area contributed by atoms with Crippen molar-refractivity contribution in [1.82, 2.24) is 0 Å². The number of rotatable bonds is 16. The molecule has 0 atom stereocenters. The van der Waals surface area contributed by atoms with Crippen LogP contribution in [0.25, 0.3) is 0 Å². The maximum absolute atomic E-state index is 2.42. The zero-order valence-corrected chi connectivity index (χ0v) is 35.5. The Labute approximate surface area is 307 Å². The molecule has 0 aromatic rings. The van der Waals surface area contributed by atoms with Gasteiger partial charge in [0.25, 0.3) is 0 Å². The molecule has 0 fully saturated rings. The summed E-state index contributed by atoms with van der Waals surface area (Å²) in [7, 11) is 0. The molecule has 0 N–H and O–H groups in total. The summed E-state index contributed by atoms with van der Waals surface area (Å²) in [6.45, 7) is 9.19. The summed E-state index contributed by atoms with van der Waals surface area (Å²) in [5, 5.41) is 0. The molecule has 6 heteroatoms. The Morgan fingerprint density at radius 1 is 0.476 bits per heavy atom. The second-order valence-corrected chi connectivity index (χ2v) is 19.9. The Hall–Kier alpha value is 0.833. The van der Waals surface area contributed by atoms with Gasteiger partial charge in [0, 0.05) is 0 Å². The zero-order chi connectivity index (χ0) is 27.0. The minimum Gasteiger partial charge on any atom is -1.00 e. The molecule has 4 aliphatic rings. The molecular formula is C36H52Cl4HfZr. The number of hydrogen-bond donors (Lipinski definition) is 0. The topological polar surface area (TPSA) is 0 Å². The molecule has 0 aromatic carbocycles. The van der Waals surface area contributed by atoms with E-state index in [-0.39, 0.29) is 49.6 Å². The van der Waals surface area contributed by atoms with Crippen LogP contribution >= 0.6 is 0 Å². The van der Waals surface area contributed by atoms with Crippen LogP contribution in [0.2, 0.25) is 0 Å². The molecule has 4 rings (SSSR count). The number of allylic oxidation sites excluding steroid dienone is 16. The molecule has 232 valence electrons. The molecule has 0 aromatic heterocycles. The van der Waals surface area contributed by atoms with Crippen LogP contribution < -0.4 is 49.6 Å². The summed E-state index contributed by atoms with van der Waals surface area (Å²) >= 11 is -1.17. The Morgan fingerprint density at radius 3 is 1.14 bits per heavy atom. The molecule has 0 unspecified atom stereocenters. The van der Waals surface area contributed by atoms with E-state index in [1.165, 1.54) is 103 Å². The van der Waals surface area contributed by atoms with Crippen molar-refractivity contribution in [3.8, 4) is 0 Å². The normalized spacial score (nSPS) is 16.1. The molecule has 0 heterocycles. The first-order valence-corrected chi connectivity index (χ1v) is 21.8. The van der Waals surface area contributed by atoms with E-state index in [4.69, 9.17) is 0 Å². The van der Waals surface area contributed by atoms with Gasteiger partial charge in [-0.05, 0) is 0 Å². The van der Waals surface area contributed by atoms with E-state index in [0.717, 1.165) is 0 Å². The minimum absolute atomic E-state index is 0. The average molecular weight is 896 g/mol. The van der Waals surface area contributed by atoms with Crippen molar-refractivity contribution in [3.05, 3.63) is 84.1 Å². The fraction of sp³-hybridized carbons (Fsp3) is 0.556. The van der Waals surface area contributed by atoms with E-state index >= 15 is 0 Å². The third-order valence-corrected chi connectivity index (χ3v) is 17.9. The van der Waals surface area contributed by atoms with Gasteiger partial charge in [0.15, 0.2) is 0 Å². The summed E-state index contributed by atoms with van der Waals surface area (Å²) in [6.07, 6.45) is 40.5. The van der Waals surface area contributed by atoms with Crippen LogP contribution in [-0.2, 0) is 46.1 Å². The molecule has 4 aliphatic carbocycles. The molecule has 0 saturated carbocycles. The number of hydrogen-bond acceptors (Lipinski definition) is 0. The second-order valence-electron chi connectivity index (χ2n) is 11.1. The van der Waals surface area contributed by atoms with Crippen molar-refractivity contribution in [3.63, 3.8) is 0 Å². The molecule has 0 amide bonds. The van der Waals surface area contributed by atoms with Gasteiger partial charge in [0.2, 0.25) is 0 Å². The van der Waals surface area contributed by atoms with Crippen LogP contribution in [0.4, 0.5) is 0 Å². The third kappa shape index (κ3) is 15.4. The summed E-state index contributed by atoms with van der Waals surface area (Å²) in [5.41, 5.74) is 6.87.